The largest absolute Gasteiger partial charge is 0.508 e. The molecule has 0 unspecified atom stereocenters. The summed E-state index contributed by atoms with van der Waals surface area (Å²) in [5.74, 6) is -0.445. The van der Waals surface area contributed by atoms with Crippen molar-refractivity contribution in [2.24, 2.45) is 0 Å². The number of carbonyl (C=O) groups is 1. The van der Waals surface area contributed by atoms with Crippen LogP contribution in [0, 0.1) is 5.82 Å². The molecule has 1 atom stereocenters. The maximum Gasteiger partial charge on any atom is 0.315 e. The van der Waals surface area contributed by atoms with Crippen molar-refractivity contribution in [3.05, 3.63) is 29.6 Å². The highest BCUT2D eigenvalue weighted by molar-refractivity contribution is 5.77. The monoisotopic (exact) mass is 196 g/mol. The normalized spacial score (nSPS) is 20.4. The number of phenols is 1. The number of benzene rings is 1. The molecular formula is C9H9FN2O2. The summed E-state index contributed by atoms with van der Waals surface area (Å²) in [5, 5.41) is 14.5. The zero-order valence-electron chi connectivity index (χ0n) is 7.25. The number of hydrogen-bond donors (Lipinski definition) is 3. The molecule has 1 fully saturated rings. The van der Waals surface area contributed by atoms with Crippen molar-refractivity contribution >= 4 is 6.03 Å². The zero-order chi connectivity index (χ0) is 10.1. The first-order chi connectivity index (χ1) is 6.66. The molecule has 5 heteroatoms. The topological polar surface area (TPSA) is 61.4 Å². The molecular weight excluding hydrogens is 187 g/mol. The predicted octanol–water partition coefficient (Wildman–Crippen LogP) is 0.885. The van der Waals surface area contributed by atoms with Crippen molar-refractivity contribution in [2.45, 2.75) is 6.04 Å². The third-order valence-corrected chi connectivity index (χ3v) is 2.14. The molecule has 2 rings (SSSR count). The van der Waals surface area contributed by atoms with Crippen LogP contribution >= 0.6 is 0 Å². The number of aromatic hydroxyl groups is 1. The van der Waals surface area contributed by atoms with Gasteiger partial charge in [0, 0.05) is 12.1 Å². The zero-order valence-corrected chi connectivity index (χ0v) is 7.25. The minimum atomic E-state index is -0.432. The second-order valence-electron chi connectivity index (χ2n) is 3.11. The third kappa shape index (κ3) is 1.48. The van der Waals surface area contributed by atoms with Crippen LogP contribution in [0.25, 0.3) is 0 Å². The number of halogens is 1. The molecule has 0 aromatic heterocycles. The third-order valence-electron chi connectivity index (χ3n) is 2.14. The molecule has 0 radical (unpaired) electrons. The van der Waals surface area contributed by atoms with Crippen molar-refractivity contribution in [1.82, 2.24) is 10.6 Å². The lowest BCUT2D eigenvalue weighted by Gasteiger charge is -2.10. The first-order valence-electron chi connectivity index (χ1n) is 4.19. The van der Waals surface area contributed by atoms with Crippen LogP contribution in [0.1, 0.15) is 11.6 Å². The van der Waals surface area contributed by atoms with Gasteiger partial charge in [0.05, 0.1) is 6.04 Å². The van der Waals surface area contributed by atoms with Gasteiger partial charge in [-0.3, -0.25) is 0 Å². The Morgan fingerprint density at radius 3 is 2.93 bits per heavy atom. The second kappa shape index (κ2) is 3.17. The van der Waals surface area contributed by atoms with Gasteiger partial charge in [-0.1, -0.05) is 0 Å². The van der Waals surface area contributed by atoms with Gasteiger partial charge >= 0.3 is 6.03 Å². The number of amides is 2. The summed E-state index contributed by atoms with van der Waals surface area (Å²) in [6.07, 6.45) is 0. The van der Waals surface area contributed by atoms with E-state index in [9.17, 15) is 14.3 Å². The van der Waals surface area contributed by atoms with Crippen molar-refractivity contribution in [3.63, 3.8) is 0 Å². The average Bonchev–Trinajstić information content (AvgIpc) is 2.56. The maximum atomic E-state index is 12.9. The Bertz CT molecular complexity index is 381. The fourth-order valence-electron chi connectivity index (χ4n) is 1.45. The molecule has 4 nitrogen and oxygen atoms in total. The van der Waals surface area contributed by atoms with Gasteiger partial charge < -0.3 is 15.7 Å². The highest BCUT2D eigenvalue weighted by Crippen LogP contribution is 2.25. The van der Waals surface area contributed by atoms with Crippen LogP contribution in [-0.2, 0) is 0 Å². The first kappa shape index (κ1) is 8.80. The summed E-state index contributed by atoms with van der Waals surface area (Å²) in [6.45, 7) is 0.357. The smallest absolute Gasteiger partial charge is 0.315 e. The number of carbonyl (C=O) groups excluding carboxylic acids is 1. The Morgan fingerprint density at radius 2 is 2.29 bits per heavy atom. The Kier molecular flexibility index (Phi) is 1.99. The van der Waals surface area contributed by atoms with E-state index in [2.05, 4.69) is 10.6 Å². The highest BCUT2D eigenvalue weighted by Gasteiger charge is 2.24. The van der Waals surface area contributed by atoms with E-state index in [0.29, 0.717) is 12.1 Å². The number of phenolic OH excluding ortho intramolecular Hbond substituents is 1. The van der Waals surface area contributed by atoms with Gasteiger partial charge in [0.15, 0.2) is 0 Å². The van der Waals surface area contributed by atoms with Crippen molar-refractivity contribution in [2.75, 3.05) is 6.54 Å². The quantitative estimate of drug-likeness (QED) is 0.624. The van der Waals surface area contributed by atoms with Crippen LogP contribution in [-0.4, -0.2) is 17.7 Å². The van der Waals surface area contributed by atoms with Crippen molar-refractivity contribution < 1.29 is 14.3 Å². The van der Waals surface area contributed by atoms with Gasteiger partial charge in [-0.2, -0.15) is 0 Å². The van der Waals surface area contributed by atoms with Crippen LogP contribution in [0.5, 0.6) is 5.75 Å². The summed E-state index contributed by atoms with van der Waals surface area (Å²) >= 11 is 0. The van der Waals surface area contributed by atoms with Crippen molar-refractivity contribution in [1.29, 1.82) is 0 Å². The second-order valence-corrected chi connectivity index (χ2v) is 3.11. The lowest BCUT2D eigenvalue weighted by molar-refractivity contribution is 0.247. The molecule has 14 heavy (non-hydrogen) atoms. The summed E-state index contributed by atoms with van der Waals surface area (Å²) in [7, 11) is 0. The molecule has 1 aromatic rings. The Morgan fingerprint density at radius 1 is 1.50 bits per heavy atom. The summed E-state index contributed by atoms with van der Waals surface area (Å²) < 4.78 is 12.9. The lowest BCUT2D eigenvalue weighted by atomic mass is 10.1. The first-order valence-corrected chi connectivity index (χ1v) is 4.19. The number of nitrogens with one attached hydrogen (secondary N) is 2. The molecule has 1 aliphatic heterocycles. The molecule has 1 aromatic carbocycles. The van der Waals surface area contributed by atoms with Crippen LogP contribution in [0.4, 0.5) is 9.18 Å². The summed E-state index contributed by atoms with van der Waals surface area (Å²) in [4.78, 5) is 10.8. The minimum Gasteiger partial charge on any atom is -0.508 e. The van der Waals surface area contributed by atoms with E-state index in [4.69, 9.17) is 0 Å². The van der Waals surface area contributed by atoms with Crippen LogP contribution in [0.3, 0.4) is 0 Å². The number of hydrogen-bond acceptors (Lipinski definition) is 2. The van der Waals surface area contributed by atoms with E-state index in [-0.39, 0.29) is 17.8 Å². The number of urea groups is 1. The molecule has 1 heterocycles. The predicted molar refractivity (Wildman–Crippen MR) is 47.3 cm³/mol. The average molecular weight is 196 g/mol. The van der Waals surface area contributed by atoms with Gasteiger partial charge in [0.25, 0.3) is 0 Å². The SMILES string of the molecule is O=C1NC[C@H](c2cc(F)ccc2O)N1. The van der Waals surface area contributed by atoms with Gasteiger partial charge in [0.1, 0.15) is 11.6 Å². The Balaban J connectivity index is 2.31. The van der Waals surface area contributed by atoms with E-state index in [1.807, 2.05) is 0 Å². The van der Waals surface area contributed by atoms with E-state index in [1.165, 1.54) is 18.2 Å². The molecule has 2 amide bonds. The van der Waals surface area contributed by atoms with Gasteiger partial charge in [-0.25, -0.2) is 9.18 Å². The van der Waals surface area contributed by atoms with Gasteiger partial charge in [-0.15, -0.1) is 0 Å². The standard InChI is InChI=1S/C9H9FN2O2/c10-5-1-2-8(13)6(3-5)7-4-11-9(14)12-7/h1-3,7,13H,4H2,(H2,11,12,14)/t7-/m1/s1. The number of rotatable bonds is 1. The van der Waals surface area contributed by atoms with Gasteiger partial charge in [0.2, 0.25) is 0 Å². The fourth-order valence-corrected chi connectivity index (χ4v) is 1.45. The molecule has 1 aliphatic rings. The summed E-state index contributed by atoms with van der Waals surface area (Å²) in [5.41, 5.74) is 0.392. The van der Waals surface area contributed by atoms with Crippen LogP contribution in [0.15, 0.2) is 18.2 Å². The molecule has 74 valence electrons. The maximum absolute atomic E-state index is 12.9. The van der Waals surface area contributed by atoms with E-state index >= 15 is 0 Å². The molecule has 0 saturated carbocycles. The Labute approximate surface area is 79.7 Å². The van der Waals surface area contributed by atoms with E-state index in [0.717, 1.165) is 0 Å². The molecule has 0 bridgehead atoms. The van der Waals surface area contributed by atoms with Crippen LogP contribution < -0.4 is 10.6 Å². The molecule has 3 N–H and O–H groups in total. The van der Waals surface area contributed by atoms with Gasteiger partial charge in [-0.05, 0) is 18.2 Å². The van der Waals surface area contributed by atoms with Crippen molar-refractivity contribution in [3.8, 4) is 5.75 Å². The van der Waals surface area contributed by atoms with Crippen LogP contribution in [0.2, 0.25) is 0 Å². The summed E-state index contributed by atoms with van der Waals surface area (Å²) in [6, 6.07) is 2.99. The van der Waals surface area contributed by atoms with E-state index < -0.39 is 5.82 Å². The fraction of sp³-hybridized carbons (Fsp3) is 0.222. The molecule has 0 aliphatic carbocycles. The Hall–Kier alpha value is -1.78. The van der Waals surface area contributed by atoms with E-state index in [1.54, 1.807) is 0 Å². The lowest BCUT2D eigenvalue weighted by Crippen LogP contribution is -2.21. The molecule has 1 saturated heterocycles. The molecule has 0 spiro atoms. The minimum absolute atomic E-state index is 0.0135. The highest BCUT2D eigenvalue weighted by atomic mass is 19.1.